The van der Waals surface area contributed by atoms with Crippen molar-refractivity contribution < 1.29 is 14.4 Å². The number of phenolic OH excluding ortho intramolecular Hbond substituents is 1. The Kier molecular flexibility index (Phi) is 6.28. The maximum atomic E-state index is 12.9. The Balaban J connectivity index is 1.60. The monoisotopic (exact) mass is 490 g/mol. The zero-order valence-corrected chi connectivity index (χ0v) is 19.5. The van der Waals surface area contributed by atoms with Gasteiger partial charge in [0, 0.05) is 34.5 Å². The maximum Gasteiger partial charge on any atom is 0.345 e. The number of nitro benzene ring substituents is 1. The van der Waals surface area contributed by atoms with E-state index in [0.717, 1.165) is 36.8 Å². The molecule has 0 saturated heterocycles. The molecule has 1 aliphatic rings. The number of nitro groups is 1. The lowest BCUT2D eigenvalue weighted by atomic mass is 9.95. The van der Waals surface area contributed by atoms with Crippen LogP contribution in [0.25, 0.3) is 22.2 Å². The van der Waals surface area contributed by atoms with E-state index in [9.17, 15) is 20.0 Å². The molecular weight excluding hydrogens is 468 g/mol. The first kappa shape index (κ1) is 22.7. The molecule has 0 spiro atoms. The summed E-state index contributed by atoms with van der Waals surface area (Å²) in [6, 6.07) is 13.1. The lowest BCUT2D eigenvalue weighted by Gasteiger charge is -2.24. The van der Waals surface area contributed by atoms with Crippen LogP contribution in [0.1, 0.15) is 43.7 Å². The van der Waals surface area contributed by atoms with Gasteiger partial charge in [0.15, 0.2) is 0 Å². The molecule has 0 bridgehead atoms. The Morgan fingerprint density at radius 3 is 2.74 bits per heavy atom. The third-order valence-corrected chi connectivity index (χ3v) is 6.99. The molecule has 2 aromatic heterocycles. The number of thiazole rings is 1. The van der Waals surface area contributed by atoms with Crippen molar-refractivity contribution in [2.75, 3.05) is 0 Å². The molecule has 1 fully saturated rings. The minimum Gasteiger partial charge on any atom is -0.507 e. The van der Waals surface area contributed by atoms with E-state index in [2.05, 4.69) is 14.8 Å². The maximum absolute atomic E-state index is 12.9. The van der Waals surface area contributed by atoms with Gasteiger partial charge in [-0.05, 0) is 31.0 Å². The first-order valence-corrected chi connectivity index (χ1v) is 12.2. The number of hydrogen-bond donors (Lipinski definition) is 1. The van der Waals surface area contributed by atoms with Crippen molar-refractivity contribution in [3.63, 3.8) is 0 Å². The molecule has 1 aliphatic carbocycles. The second-order valence-electron chi connectivity index (χ2n) is 8.40. The van der Waals surface area contributed by atoms with Gasteiger partial charge in [-0.25, -0.2) is 4.79 Å². The van der Waals surface area contributed by atoms with Crippen LogP contribution in [-0.2, 0) is 0 Å². The van der Waals surface area contributed by atoms with E-state index in [1.807, 2.05) is 29.6 Å². The zero-order valence-electron chi connectivity index (χ0n) is 18.7. The first-order valence-electron chi connectivity index (χ1n) is 11.3. The topological polar surface area (TPSA) is 123 Å². The summed E-state index contributed by atoms with van der Waals surface area (Å²) >= 11 is 1.36. The molecule has 0 radical (unpaired) electrons. The fourth-order valence-electron chi connectivity index (χ4n) is 4.42. The lowest BCUT2D eigenvalue weighted by Crippen LogP contribution is -2.24. The van der Waals surface area contributed by atoms with Crippen molar-refractivity contribution in [3.05, 3.63) is 84.8 Å². The van der Waals surface area contributed by atoms with E-state index in [4.69, 9.17) is 4.42 Å². The van der Waals surface area contributed by atoms with Crippen LogP contribution >= 0.6 is 11.3 Å². The van der Waals surface area contributed by atoms with E-state index in [-0.39, 0.29) is 23.0 Å². The van der Waals surface area contributed by atoms with Gasteiger partial charge in [0.2, 0.25) is 4.80 Å². The second-order valence-corrected chi connectivity index (χ2v) is 9.23. The highest BCUT2D eigenvalue weighted by Crippen LogP contribution is 2.32. The molecule has 0 unspecified atom stereocenters. The number of phenols is 1. The van der Waals surface area contributed by atoms with Gasteiger partial charge in [-0.15, -0.1) is 16.4 Å². The van der Waals surface area contributed by atoms with Crippen LogP contribution in [-0.4, -0.2) is 20.8 Å². The number of nitrogens with zero attached hydrogens (tertiary/aromatic N) is 4. The van der Waals surface area contributed by atoms with Crippen LogP contribution in [0.15, 0.2) is 73.3 Å². The zero-order chi connectivity index (χ0) is 24.4. The first-order chi connectivity index (χ1) is 17.0. The number of para-hydroxylation sites is 1. The summed E-state index contributed by atoms with van der Waals surface area (Å²) in [4.78, 5) is 24.0. The molecule has 10 heteroatoms. The molecule has 178 valence electrons. The highest BCUT2D eigenvalue weighted by molar-refractivity contribution is 7.07. The standard InChI is InChI=1S/C25H22N4O5S/c30-22-11-10-19(29(32)33)12-17(22)14-26-27-25-28(18-7-2-1-3-8-18)21(15-35-25)20-13-16-6-4-5-9-23(16)34-24(20)31/h4-6,9-15,18,30H,1-3,7-8H2/b26-14-,27-25-. The van der Waals surface area contributed by atoms with Crippen LogP contribution in [0.5, 0.6) is 5.75 Å². The van der Waals surface area contributed by atoms with Crippen LogP contribution < -0.4 is 10.4 Å². The third kappa shape index (κ3) is 4.65. The van der Waals surface area contributed by atoms with Crippen LogP contribution in [0, 0.1) is 10.1 Å². The number of aromatic hydroxyl groups is 1. The Hall–Kier alpha value is -4.05. The van der Waals surface area contributed by atoms with Gasteiger partial charge in [-0.3, -0.25) is 10.1 Å². The van der Waals surface area contributed by atoms with Crippen LogP contribution in [0.4, 0.5) is 5.69 Å². The number of non-ortho nitro benzene ring substituents is 1. The van der Waals surface area contributed by atoms with Gasteiger partial charge in [0.05, 0.1) is 22.4 Å². The SMILES string of the molecule is O=c1oc2ccccc2cc1-c1cs/c(=N\N=C/c2cc([N+](=O)[O-])ccc2O)n1C1CCCCC1. The van der Waals surface area contributed by atoms with Gasteiger partial charge in [-0.1, -0.05) is 37.5 Å². The normalized spacial score (nSPS) is 15.3. The molecule has 2 heterocycles. The van der Waals surface area contributed by atoms with Gasteiger partial charge in [0.1, 0.15) is 11.3 Å². The summed E-state index contributed by atoms with van der Waals surface area (Å²) in [6.45, 7) is 0. The number of benzene rings is 2. The van der Waals surface area contributed by atoms with E-state index in [1.165, 1.54) is 42.2 Å². The van der Waals surface area contributed by atoms with Crippen molar-refractivity contribution in [1.29, 1.82) is 0 Å². The Morgan fingerprint density at radius 1 is 1.14 bits per heavy atom. The summed E-state index contributed by atoms with van der Waals surface area (Å²) in [7, 11) is 0. The molecule has 4 aromatic rings. The van der Waals surface area contributed by atoms with Crippen molar-refractivity contribution in [3.8, 4) is 17.0 Å². The molecule has 1 saturated carbocycles. The molecular formula is C25H22N4O5S. The summed E-state index contributed by atoms with van der Waals surface area (Å²) in [5.74, 6) is -0.129. The average molecular weight is 491 g/mol. The molecule has 35 heavy (non-hydrogen) atoms. The van der Waals surface area contributed by atoms with Crippen molar-refractivity contribution >= 4 is 34.2 Å². The molecule has 9 nitrogen and oxygen atoms in total. The van der Waals surface area contributed by atoms with Crippen molar-refractivity contribution in [2.24, 2.45) is 10.2 Å². The molecule has 5 rings (SSSR count). The fourth-order valence-corrected chi connectivity index (χ4v) is 5.33. The largest absolute Gasteiger partial charge is 0.507 e. The van der Waals surface area contributed by atoms with Gasteiger partial charge < -0.3 is 14.1 Å². The predicted octanol–water partition coefficient (Wildman–Crippen LogP) is 5.38. The van der Waals surface area contributed by atoms with Gasteiger partial charge in [0.25, 0.3) is 5.69 Å². The number of fused-ring (bicyclic) bond motifs is 1. The van der Waals surface area contributed by atoms with E-state index in [0.29, 0.717) is 15.9 Å². The summed E-state index contributed by atoms with van der Waals surface area (Å²) in [5, 5.41) is 32.3. The van der Waals surface area contributed by atoms with E-state index in [1.54, 1.807) is 6.07 Å². The van der Waals surface area contributed by atoms with Crippen LogP contribution in [0.3, 0.4) is 0 Å². The number of aromatic nitrogens is 1. The number of rotatable bonds is 5. The average Bonchev–Trinajstić information content (AvgIpc) is 3.28. The third-order valence-electron chi connectivity index (χ3n) is 6.16. The summed E-state index contributed by atoms with van der Waals surface area (Å²) < 4.78 is 7.63. The Morgan fingerprint density at radius 2 is 1.94 bits per heavy atom. The van der Waals surface area contributed by atoms with Gasteiger partial charge in [-0.2, -0.15) is 5.10 Å². The highest BCUT2D eigenvalue weighted by atomic mass is 32.1. The van der Waals surface area contributed by atoms with E-state index < -0.39 is 10.5 Å². The quantitative estimate of drug-likeness (QED) is 0.174. The van der Waals surface area contributed by atoms with Crippen LogP contribution in [0.2, 0.25) is 0 Å². The molecule has 2 aromatic carbocycles. The molecule has 0 atom stereocenters. The van der Waals surface area contributed by atoms with E-state index >= 15 is 0 Å². The lowest BCUT2D eigenvalue weighted by molar-refractivity contribution is -0.384. The second kappa shape index (κ2) is 9.67. The minimum absolute atomic E-state index is 0.129. The summed E-state index contributed by atoms with van der Waals surface area (Å²) in [6.07, 6.45) is 6.56. The highest BCUT2D eigenvalue weighted by Gasteiger charge is 2.22. The Labute approximate surface area is 203 Å². The fraction of sp³-hybridized carbons (Fsp3) is 0.240. The van der Waals surface area contributed by atoms with Gasteiger partial charge >= 0.3 is 5.63 Å². The summed E-state index contributed by atoms with van der Waals surface area (Å²) in [5.41, 5.74) is 1.36. The van der Waals surface area contributed by atoms with Crippen molar-refractivity contribution in [1.82, 2.24) is 4.57 Å². The molecule has 0 aliphatic heterocycles. The predicted molar refractivity (Wildman–Crippen MR) is 134 cm³/mol. The molecule has 0 amide bonds. The number of hydrogen-bond acceptors (Lipinski definition) is 8. The van der Waals surface area contributed by atoms with Crippen molar-refractivity contribution in [2.45, 2.75) is 38.1 Å². The Bertz CT molecular complexity index is 1560. The smallest absolute Gasteiger partial charge is 0.345 e. The molecule has 1 N–H and O–H groups in total. The minimum atomic E-state index is -0.536.